The maximum atomic E-state index is 12.5. The molecule has 0 fully saturated rings. The number of hydrogen-bond acceptors (Lipinski definition) is 2. The van der Waals surface area contributed by atoms with Gasteiger partial charge in [-0.25, -0.2) is 4.98 Å². The van der Waals surface area contributed by atoms with Crippen molar-refractivity contribution >= 4 is 16.8 Å². The largest absolute Gasteiger partial charge is 0.344 e. The third kappa shape index (κ3) is 3.60. The highest BCUT2D eigenvalue weighted by Gasteiger charge is 2.19. The summed E-state index contributed by atoms with van der Waals surface area (Å²) in [7, 11) is 4.19. The summed E-state index contributed by atoms with van der Waals surface area (Å²) in [6.45, 7) is 0.569. The molecule has 2 N–H and O–H groups in total. The standard InChI is InChI=1S/C20H21N3O/c1-23(2)19(16-9-4-3-5-10-16)14-21-20(24)18-13-12-15-8-6-7-11-17(15)22-18/h3-13,19H,14H2,1-2H3,(H,21,24)/p+1/t19-/m1/s1. The monoisotopic (exact) mass is 320 g/mol. The second kappa shape index (κ2) is 7.23. The molecule has 4 nitrogen and oxygen atoms in total. The van der Waals surface area contributed by atoms with E-state index in [0.29, 0.717) is 12.2 Å². The fourth-order valence-corrected chi connectivity index (χ4v) is 2.82. The van der Waals surface area contributed by atoms with Crippen LogP contribution in [0.25, 0.3) is 10.9 Å². The lowest BCUT2D eigenvalue weighted by Crippen LogP contribution is -3.07. The van der Waals surface area contributed by atoms with Crippen molar-refractivity contribution in [2.24, 2.45) is 0 Å². The summed E-state index contributed by atoms with van der Waals surface area (Å²) in [6.07, 6.45) is 0. The van der Waals surface area contributed by atoms with Gasteiger partial charge in [-0.15, -0.1) is 0 Å². The molecule has 3 aromatic rings. The van der Waals surface area contributed by atoms with Crippen LogP contribution in [-0.4, -0.2) is 31.5 Å². The van der Waals surface area contributed by atoms with E-state index in [2.05, 4.69) is 36.5 Å². The van der Waals surface area contributed by atoms with Crippen molar-refractivity contribution in [3.63, 3.8) is 0 Å². The molecule has 0 bridgehead atoms. The molecule has 0 aliphatic heterocycles. The lowest BCUT2D eigenvalue weighted by atomic mass is 10.1. The fourth-order valence-electron chi connectivity index (χ4n) is 2.82. The molecule has 0 radical (unpaired) electrons. The zero-order valence-electron chi connectivity index (χ0n) is 14.0. The Bertz CT molecular complexity index is 830. The van der Waals surface area contributed by atoms with Gasteiger partial charge >= 0.3 is 0 Å². The molecule has 0 unspecified atom stereocenters. The lowest BCUT2D eigenvalue weighted by molar-refractivity contribution is -0.890. The second-order valence-electron chi connectivity index (χ2n) is 6.14. The number of para-hydroxylation sites is 1. The van der Waals surface area contributed by atoms with E-state index in [0.717, 1.165) is 10.9 Å². The van der Waals surface area contributed by atoms with Gasteiger partial charge in [0.2, 0.25) is 0 Å². The van der Waals surface area contributed by atoms with Crippen LogP contribution in [0.4, 0.5) is 0 Å². The number of carbonyl (C=O) groups is 1. The molecule has 24 heavy (non-hydrogen) atoms. The Hall–Kier alpha value is -2.72. The van der Waals surface area contributed by atoms with E-state index in [1.165, 1.54) is 10.5 Å². The second-order valence-corrected chi connectivity index (χ2v) is 6.14. The Morgan fingerprint density at radius 1 is 1.00 bits per heavy atom. The highest BCUT2D eigenvalue weighted by molar-refractivity contribution is 5.94. The van der Waals surface area contributed by atoms with E-state index in [1.807, 2.05) is 48.5 Å². The molecule has 0 aliphatic rings. The first-order chi connectivity index (χ1) is 11.6. The molecule has 122 valence electrons. The van der Waals surface area contributed by atoms with Gasteiger partial charge in [0.15, 0.2) is 0 Å². The first-order valence-electron chi connectivity index (χ1n) is 8.14. The van der Waals surface area contributed by atoms with Crippen molar-refractivity contribution in [1.82, 2.24) is 10.3 Å². The average Bonchev–Trinajstić information content (AvgIpc) is 2.62. The van der Waals surface area contributed by atoms with Gasteiger partial charge in [-0.05, 0) is 12.1 Å². The minimum absolute atomic E-state index is 0.136. The van der Waals surface area contributed by atoms with Crippen LogP contribution in [0.15, 0.2) is 66.7 Å². The predicted molar refractivity (Wildman–Crippen MR) is 96.1 cm³/mol. The number of amides is 1. The Balaban J connectivity index is 1.73. The van der Waals surface area contributed by atoms with E-state index >= 15 is 0 Å². The lowest BCUT2D eigenvalue weighted by Gasteiger charge is -2.22. The molecule has 3 rings (SSSR count). The van der Waals surface area contributed by atoms with Crippen LogP contribution in [0, 0.1) is 0 Å². The van der Waals surface area contributed by atoms with E-state index in [-0.39, 0.29) is 11.9 Å². The number of fused-ring (bicyclic) bond motifs is 1. The summed E-state index contributed by atoms with van der Waals surface area (Å²) in [5.41, 5.74) is 2.50. The van der Waals surface area contributed by atoms with Crippen LogP contribution in [0.3, 0.4) is 0 Å². The third-order valence-corrected chi connectivity index (χ3v) is 4.20. The van der Waals surface area contributed by atoms with Crippen LogP contribution in [0.1, 0.15) is 22.1 Å². The van der Waals surface area contributed by atoms with Crippen LogP contribution in [-0.2, 0) is 0 Å². The molecule has 2 aromatic carbocycles. The minimum atomic E-state index is -0.136. The first kappa shape index (κ1) is 16.1. The fraction of sp³-hybridized carbons (Fsp3) is 0.200. The van der Waals surface area contributed by atoms with Gasteiger partial charge in [-0.2, -0.15) is 0 Å². The number of benzene rings is 2. The normalized spacial score (nSPS) is 12.3. The highest BCUT2D eigenvalue weighted by Crippen LogP contribution is 2.12. The predicted octanol–water partition coefficient (Wildman–Crippen LogP) is 1.85. The molecular formula is C20H22N3O+. The number of nitrogens with zero attached hydrogens (tertiary/aromatic N) is 1. The zero-order chi connectivity index (χ0) is 16.9. The maximum absolute atomic E-state index is 12.5. The molecule has 1 heterocycles. The summed E-state index contributed by atoms with van der Waals surface area (Å²) in [5.74, 6) is -0.136. The third-order valence-electron chi connectivity index (χ3n) is 4.20. The van der Waals surface area contributed by atoms with Crippen LogP contribution < -0.4 is 10.2 Å². The van der Waals surface area contributed by atoms with E-state index < -0.39 is 0 Å². The quantitative estimate of drug-likeness (QED) is 0.754. The average molecular weight is 320 g/mol. The van der Waals surface area contributed by atoms with Crippen molar-refractivity contribution in [2.45, 2.75) is 6.04 Å². The zero-order valence-corrected chi connectivity index (χ0v) is 14.0. The van der Waals surface area contributed by atoms with Crippen molar-refractivity contribution in [2.75, 3.05) is 20.6 Å². The molecule has 1 amide bonds. The summed E-state index contributed by atoms with van der Waals surface area (Å²) < 4.78 is 0. The smallest absolute Gasteiger partial charge is 0.270 e. The Labute approximate surface area is 142 Å². The molecule has 0 saturated heterocycles. The van der Waals surface area contributed by atoms with Gasteiger partial charge in [0, 0.05) is 10.9 Å². The van der Waals surface area contributed by atoms with Crippen LogP contribution in [0.2, 0.25) is 0 Å². The molecule has 1 aromatic heterocycles. The minimum Gasteiger partial charge on any atom is -0.344 e. The molecule has 1 atom stereocenters. The summed E-state index contributed by atoms with van der Waals surface area (Å²) in [4.78, 5) is 18.2. The Kier molecular flexibility index (Phi) is 4.87. The van der Waals surface area contributed by atoms with Crippen molar-refractivity contribution < 1.29 is 9.69 Å². The van der Waals surface area contributed by atoms with Gasteiger partial charge < -0.3 is 10.2 Å². The van der Waals surface area contributed by atoms with Crippen LogP contribution in [0.5, 0.6) is 0 Å². The van der Waals surface area contributed by atoms with Crippen LogP contribution >= 0.6 is 0 Å². The molecular weight excluding hydrogens is 298 g/mol. The number of carbonyl (C=O) groups excluding carboxylic acids is 1. The number of nitrogens with one attached hydrogen (secondary N) is 2. The summed E-state index contributed by atoms with van der Waals surface area (Å²) >= 11 is 0. The summed E-state index contributed by atoms with van der Waals surface area (Å²) in [5, 5.41) is 4.06. The topological polar surface area (TPSA) is 46.4 Å². The van der Waals surface area contributed by atoms with Gasteiger partial charge in [0.1, 0.15) is 11.7 Å². The summed E-state index contributed by atoms with van der Waals surface area (Å²) in [6, 6.07) is 22.0. The SMILES string of the molecule is C[NH+](C)[C@H](CNC(=O)c1ccc2ccccc2n1)c1ccccc1. The molecule has 0 spiro atoms. The Morgan fingerprint density at radius 2 is 1.71 bits per heavy atom. The highest BCUT2D eigenvalue weighted by atomic mass is 16.1. The first-order valence-corrected chi connectivity index (χ1v) is 8.14. The number of rotatable bonds is 5. The van der Waals surface area contributed by atoms with E-state index in [1.54, 1.807) is 6.07 Å². The van der Waals surface area contributed by atoms with Crippen molar-refractivity contribution in [3.8, 4) is 0 Å². The van der Waals surface area contributed by atoms with Crippen molar-refractivity contribution in [1.29, 1.82) is 0 Å². The molecule has 4 heteroatoms. The van der Waals surface area contributed by atoms with Gasteiger partial charge in [-0.1, -0.05) is 54.6 Å². The van der Waals surface area contributed by atoms with Gasteiger partial charge in [0.05, 0.1) is 26.2 Å². The van der Waals surface area contributed by atoms with Gasteiger partial charge in [-0.3, -0.25) is 4.79 Å². The van der Waals surface area contributed by atoms with Gasteiger partial charge in [0.25, 0.3) is 5.91 Å². The molecule has 0 saturated carbocycles. The Morgan fingerprint density at radius 3 is 2.46 bits per heavy atom. The number of quaternary nitrogens is 1. The maximum Gasteiger partial charge on any atom is 0.270 e. The number of pyridine rings is 1. The van der Waals surface area contributed by atoms with Crippen molar-refractivity contribution in [3.05, 3.63) is 78.0 Å². The van der Waals surface area contributed by atoms with E-state index in [9.17, 15) is 4.79 Å². The number of likely N-dealkylation sites (N-methyl/N-ethyl adjacent to an activating group) is 1. The number of hydrogen-bond donors (Lipinski definition) is 2. The molecule has 0 aliphatic carbocycles. The number of aromatic nitrogens is 1. The van der Waals surface area contributed by atoms with E-state index in [4.69, 9.17) is 0 Å².